The van der Waals surface area contributed by atoms with E-state index in [1.54, 1.807) is 12.0 Å². The van der Waals surface area contributed by atoms with Gasteiger partial charge in [0.2, 0.25) is 11.8 Å². The lowest BCUT2D eigenvalue weighted by molar-refractivity contribution is -0.141. The summed E-state index contributed by atoms with van der Waals surface area (Å²) >= 11 is 0. The molecule has 3 aromatic rings. The van der Waals surface area contributed by atoms with Gasteiger partial charge in [0.15, 0.2) is 0 Å². The number of rotatable bonds is 14. The fraction of sp³-hybridized carbons (Fsp3) is 0.355. The molecule has 2 amide bonds. The highest BCUT2D eigenvalue weighted by Crippen LogP contribution is 2.19. The van der Waals surface area contributed by atoms with Crippen LogP contribution < -0.4 is 14.8 Å². The molecule has 3 rings (SSSR count). The van der Waals surface area contributed by atoms with Crippen LogP contribution in [0.1, 0.15) is 44.2 Å². The lowest BCUT2D eigenvalue weighted by Gasteiger charge is -2.32. The van der Waals surface area contributed by atoms with Crippen LogP contribution in [0.4, 0.5) is 0 Å². The van der Waals surface area contributed by atoms with Crippen molar-refractivity contribution in [2.75, 3.05) is 13.7 Å². The molecule has 0 spiro atoms. The number of hydrogen-bond donors (Lipinski definition) is 1. The topological polar surface area (TPSA) is 67.9 Å². The molecule has 0 fully saturated rings. The first kappa shape index (κ1) is 27.8. The zero-order valence-electron chi connectivity index (χ0n) is 22.1. The highest BCUT2D eigenvalue weighted by Gasteiger charge is 2.30. The fourth-order valence-electron chi connectivity index (χ4n) is 4.00. The second-order valence-electron chi connectivity index (χ2n) is 9.16. The molecule has 0 aliphatic rings. The highest BCUT2D eigenvalue weighted by molar-refractivity contribution is 5.88. The Morgan fingerprint density at radius 3 is 2.05 bits per heavy atom. The van der Waals surface area contributed by atoms with Crippen molar-refractivity contribution >= 4 is 11.8 Å². The van der Waals surface area contributed by atoms with Crippen molar-refractivity contribution in [3.8, 4) is 11.5 Å². The van der Waals surface area contributed by atoms with Crippen molar-refractivity contribution in [2.45, 2.75) is 58.2 Å². The average molecular weight is 503 g/mol. The van der Waals surface area contributed by atoms with Gasteiger partial charge >= 0.3 is 0 Å². The van der Waals surface area contributed by atoms with Crippen LogP contribution >= 0.6 is 0 Å². The lowest BCUT2D eigenvalue weighted by Crippen LogP contribution is -2.52. The normalized spacial score (nSPS) is 12.3. The molecule has 37 heavy (non-hydrogen) atoms. The van der Waals surface area contributed by atoms with E-state index in [1.165, 1.54) is 0 Å². The SMILES string of the molecule is CC[C@H](C)NC(=O)[C@@H](Cc1ccccc1)N(Cc1ccccc1)C(=O)CCCOc1ccc(OC)cc1. The molecule has 0 saturated carbocycles. The fourth-order valence-corrected chi connectivity index (χ4v) is 4.00. The largest absolute Gasteiger partial charge is 0.497 e. The number of methoxy groups -OCH3 is 1. The molecule has 0 aliphatic carbocycles. The van der Waals surface area contributed by atoms with E-state index >= 15 is 0 Å². The molecule has 0 unspecified atom stereocenters. The van der Waals surface area contributed by atoms with Crippen LogP contribution in [0.15, 0.2) is 84.9 Å². The Bertz CT molecular complexity index is 1090. The van der Waals surface area contributed by atoms with Crippen LogP contribution in [0.25, 0.3) is 0 Å². The molecule has 3 aromatic carbocycles. The summed E-state index contributed by atoms with van der Waals surface area (Å²) in [4.78, 5) is 28.8. The molecule has 0 heterocycles. The van der Waals surface area contributed by atoms with E-state index in [2.05, 4.69) is 5.32 Å². The van der Waals surface area contributed by atoms with Gasteiger partial charge in [-0.2, -0.15) is 0 Å². The van der Waals surface area contributed by atoms with Crippen molar-refractivity contribution in [1.82, 2.24) is 10.2 Å². The molecule has 0 aliphatic heterocycles. The molecule has 6 nitrogen and oxygen atoms in total. The molecule has 0 radical (unpaired) electrons. The Kier molecular flexibility index (Phi) is 11.0. The number of amides is 2. The summed E-state index contributed by atoms with van der Waals surface area (Å²) in [7, 11) is 1.62. The van der Waals surface area contributed by atoms with Gasteiger partial charge in [-0.15, -0.1) is 0 Å². The van der Waals surface area contributed by atoms with E-state index < -0.39 is 6.04 Å². The number of nitrogens with one attached hydrogen (secondary N) is 1. The smallest absolute Gasteiger partial charge is 0.243 e. The summed E-state index contributed by atoms with van der Waals surface area (Å²) in [6.07, 6.45) is 2.09. The number of carbonyl (C=O) groups excluding carboxylic acids is 2. The summed E-state index contributed by atoms with van der Waals surface area (Å²) in [6, 6.07) is 26.5. The van der Waals surface area contributed by atoms with Crippen LogP contribution in [0, 0.1) is 0 Å². The van der Waals surface area contributed by atoms with E-state index in [-0.39, 0.29) is 24.3 Å². The number of hydrogen-bond acceptors (Lipinski definition) is 4. The quantitative estimate of drug-likeness (QED) is 0.299. The van der Waals surface area contributed by atoms with Crippen molar-refractivity contribution in [3.63, 3.8) is 0 Å². The van der Waals surface area contributed by atoms with E-state index in [0.29, 0.717) is 26.0 Å². The Labute approximate surface area is 220 Å². The first-order chi connectivity index (χ1) is 18.0. The third-order valence-electron chi connectivity index (χ3n) is 6.33. The second kappa shape index (κ2) is 14.7. The number of carbonyl (C=O) groups is 2. The minimum atomic E-state index is -0.619. The van der Waals surface area contributed by atoms with Crippen LogP contribution in [0.2, 0.25) is 0 Å². The van der Waals surface area contributed by atoms with Gasteiger partial charge in [-0.1, -0.05) is 67.6 Å². The maximum Gasteiger partial charge on any atom is 0.243 e. The standard InChI is InChI=1S/C31H38N2O4/c1-4-24(2)32-31(35)29(22-25-12-7-5-8-13-25)33(23-26-14-9-6-10-15-26)30(34)16-11-21-37-28-19-17-27(36-3)18-20-28/h5-10,12-15,17-20,24,29H,4,11,16,21-23H2,1-3H3,(H,32,35)/t24-,29+/m0/s1. The van der Waals surface area contributed by atoms with Crippen molar-refractivity contribution in [3.05, 3.63) is 96.1 Å². The molecule has 1 N–H and O–H groups in total. The predicted molar refractivity (Wildman–Crippen MR) is 147 cm³/mol. The predicted octanol–water partition coefficient (Wildman–Crippen LogP) is 5.41. The third kappa shape index (κ3) is 8.98. The van der Waals surface area contributed by atoms with Gasteiger partial charge < -0.3 is 19.7 Å². The third-order valence-corrected chi connectivity index (χ3v) is 6.33. The molecule has 0 bridgehead atoms. The van der Waals surface area contributed by atoms with E-state index in [1.807, 2.05) is 98.8 Å². The Hall–Kier alpha value is -3.80. The van der Waals surface area contributed by atoms with Gasteiger partial charge in [0.1, 0.15) is 17.5 Å². The second-order valence-corrected chi connectivity index (χ2v) is 9.16. The van der Waals surface area contributed by atoms with Gasteiger partial charge in [0, 0.05) is 25.4 Å². The molecular formula is C31H38N2O4. The van der Waals surface area contributed by atoms with Crippen LogP contribution in [-0.2, 0) is 22.6 Å². The first-order valence-corrected chi connectivity index (χ1v) is 12.9. The molecule has 0 saturated heterocycles. The van der Waals surface area contributed by atoms with E-state index in [0.717, 1.165) is 29.0 Å². The summed E-state index contributed by atoms with van der Waals surface area (Å²) in [5.74, 6) is 1.29. The summed E-state index contributed by atoms with van der Waals surface area (Å²) in [5.41, 5.74) is 2.00. The Balaban J connectivity index is 1.75. The zero-order valence-corrected chi connectivity index (χ0v) is 22.1. The van der Waals surface area contributed by atoms with Gasteiger partial charge in [-0.25, -0.2) is 0 Å². The zero-order chi connectivity index (χ0) is 26.5. The first-order valence-electron chi connectivity index (χ1n) is 12.9. The van der Waals surface area contributed by atoms with Gasteiger partial charge in [-0.05, 0) is 55.2 Å². The molecule has 2 atom stereocenters. The van der Waals surface area contributed by atoms with Crippen LogP contribution in [0.3, 0.4) is 0 Å². The van der Waals surface area contributed by atoms with Gasteiger partial charge in [-0.3, -0.25) is 9.59 Å². The lowest BCUT2D eigenvalue weighted by atomic mass is 10.0. The Morgan fingerprint density at radius 1 is 0.865 bits per heavy atom. The average Bonchev–Trinajstić information content (AvgIpc) is 2.94. The van der Waals surface area contributed by atoms with Crippen molar-refractivity contribution in [2.24, 2.45) is 0 Å². The maximum absolute atomic E-state index is 13.6. The van der Waals surface area contributed by atoms with Crippen molar-refractivity contribution < 1.29 is 19.1 Å². The highest BCUT2D eigenvalue weighted by atomic mass is 16.5. The van der Waals surface area contributed by atoms with Crippen molar-refractivity contribution in [1.29, 1.82) is 0 Å². The number of nitrogens with zero attached hydrogens (tertiary/aromatic N) is 1. The summed E-state index contributed by atoms with van der Waals surface area (Å²) in [5, 5.41) is 3.10. The number of ether oxygens (including phenoxy) is 2. The molecule has 6 heteroatoms. The molecule has 0 aromatic heterocycles. The van der Waals surface area contributed by atoms with Crippen LogP contribution in [0.5, 0.6) is 11.5 Å². The minimum Gasteiger partial charge on any atom is -0.497 e. The molecular weight excluding hydrogens is 464 g/mol. The van der Waals surface area contributed by atoms with Gasteiger partial charge in [0.25, 0.3) is 0 Å². The summed E-state index contributed by atoms with van der Waals surface area (Å²) in [6.45, 7) is 4.79. The van der Waals surface area contributed by atoms with Crippen LogP contribution in [-0.4, -0.2) is 42.5 Å². The summed E-state index contributed by atoms with van der Waals surface area (Å²) < 4.78 is 11.0. The monoisotopic (exact) mass is 502 g/mol. The van der Waals surface area contributed by atoms with E-state index in [4.69, 9.17) is 9.47 Å². The minimum absolute atomic E-state index is 0.0253. The maximum atomic E-state index is 13.6. The Morgan fingerprint density at radius 2 is 1.46 bits per heavy atom. The van der Waals surface area contributed by atoms with E-state index in [9.17, 15) is 9.59 Å². The number of benzene rings is 3. The molecule has 196 valence electrons. The van der Waals surface area contributed by atoms with Gasteiger partial charge in [0.05, 0.1) is 13.7 Å².